The molecule has 0 atom stereocenters. The molecule has 0 aliphatic rings. The maximum Gasteiger partial charge on any atom is 0.0541 e. The third-order valence-corrected chi connectivity index (χ3v) is 11.8. The van der Waals surface area contributed by atoms with Crippen molar-refractivity contribution in [3.8, 4) is 50.2 Å². The van der Waals surface area contributed by atoms with Crippen LogP contribution in [0.1, 0.15) is 0 Å². The quantitative estimate of drug-likeness (QED) is 0.150. The molecule has 0 aliphatic carbocycles. The first-order chi connectivity index (χ1) is 29.7. The molecule has 10 aromatic carbocycles. The van der Waals surface area contributed by atoms with E-state index in [1.165, 1.54) is 77.1 Å². The molecule has 0 spiro atoms. The van der Waals surface area contributed by atoms with Crippen LogP contribution in [-0.4, -0.2) is 4.57 Å². The van der Waals surface area contributed by atoms with Crippen LogP contribution in [0.5, 0.6) is 0 Å². The summed E-state index contributed by atoms with van der Waals surface area (Å²) in [4.78, 5) is 2.37. The molecule has 0 amide bonds. The van der Waals surface area contributed by atoms with E-state index in [4.69, 9.17) is 0 Å². The Bertz CT molecular complexity index is 3210. The van der Waals surface area contributed by atoms with E-state index in [1.807, 2.05) is 0 Å². The van der Waals surface area contributed by atoms with Gasteiger partial charge in [0.15, 0.2) is 0 Å². The lowest BCUT2D eigenvalue weighted by Crippen LogP contribution is -2.10. The zero-order valence-electron chi connectivity index (χ0n) is 33.0. The minimum Gasteiger partial charge on any atom is -0.310 e. The fourth-order valence-corrected chi connectivity index (χ4v) is 8.83. The molecule has 60 heavy (non-hydrogen) atoms. The first-order valence-corrected chi connectivity index (χ1v) is 20.6. The SMILES string of the molecule is c1ccc(-c2ccc(-c3ccc(N(c4ccc(-c5ccc(-c6cccc7ccccc67)cc5)cc4)c4cccc(-n5c6ccccc6c6ccccc65)c4)cc3)cc2)cc1. The van der Waals surface area contributed by atoms with Gasteiger partial charge in [0.05, 0.1) is 11.0 Å². The van der Waals surface area contributed by atoms with Crippen LogP contribution in [0, 0.1) is 0 Å². The number of para-hydroxylation sites is 2. The number of hydrogen-bond donors (Lipinski definition) is 0. The lowest BCUT2D eigenvalue weighted by molar-refractivity contribution is 1.17. The van der Waals surface area contributed by atoms with Crippen LogP contribution in [0.4, 0.5) is 17.1 Å². The molecule has 0 radical (unpaired) electrons. The summed E-state index contributed by atoms with van der Waals surface area (Å²) in [5.41, 5.74) is 16.4. The van der Waals surface area contributed by atoms with Gasteiger partial charge in [0.1, 0.15) is 0 Å². The van der Waals surface area contributed by atoms with Crippen molar-refractivity contribution >= 4 is 49.6 Å². The van der Waals surface area contributed by atoms with Crippen molar-refractivity contribution in [3.63, 3.8) is 0 Å². The Labute approximate surface area is 350 Å². The highest BCUT2D eigenvalue weighted by molar-refractivity contribution is 6.09. The second kappa shape index (κ2) is 15.1. The predicted octanol–water partition coefficient (Wildman–Crippen LogP) is 16.1. The van der Waals surface area contributed by atoms with Gasteiger partial charge in [-0.2, -0.15) is 0 Å². The fourth-order valence-electron chi connectivity index (χ4n) is 8.83. The van der Waals surface area contributed by atoms with Gasteiger partial charge in [0.25, 0.3) is 0 Å². The molecule has 282 valence electrons. The summed E-state index contributed by atoms with van der Waals surface area (Å²) in [7, 11) is 0. The van der Waals surface area contributed by atoms with Crippen molar-refractivity contribution in [2.24, 2.45) is 0 Å². The maximum absolute atomic E-state index is 2.39. The number of aromatic nitrogens is 1. The lowest BCUT2D eigenvalue weighted by Gasteiger charge is -2.26. The molecule has 0 fully saturated rings. The highest BCUT2D eigenvalue weighted by atomic mass is 15.1. The van der Waals surface area contributed by atoms with Gasteiger partial charge in [-0.05, 0) is 110 Å². The summed E-state index contributed by atoms with van der Waals surface area (Å²) in [6.45, 7) is 0. The highest BCUT2D eigenvalue weighted by Crippen LogP contribution is 2.40. The second-order valence-corrected chi connectivity index (χ2v) is 15.4. The second-order valence-electron chi connectivity index (χ2n) is 15.4. The van der Waals surface area contributed by atoms with Crippen molar-refractivity contribution in [3.05, 3.63) is 243 Å². The van der Waals surface area contributed by atoms with Gasteiger partial charge in [-0.1, -0.05) is 188 Å². The number of hydrogen-bond acceptors (Lipinski definition) is 1. The van der Waals surface area contributed by atoms with Crippen molar-refractivity contribution in [2.75, 3.05) is 4.90 Å². The summed E-state index contributed by atoms with van der Waals surface area (Å²) >= 11 is 0. The van der Waals surface area contributed by atoms with Gasteiger partial charge in [-0.3, -0.25) is 0 Å². The van der Waals surface area contributed by atoms with Crippen LogP contribution in [0.25, 0.3) is 82.8 Å². The van der Waals surface area contributed by atoms with Crippen LogP contribution in [0.15, 0.2) is 243 Å². The van der Waals surface area contributed by atoms with Crippen LogP contribution in [0.2, 0.25) is 0 Å². The monoisotopic (exact) mass is 764 g/mol. The van der Waals surface area contributed by atoms with E-state index < -0.39 is 0 Å². The van der Waals surface area contributed by atoms with E-state index in [-0.39, 0.29) is 0 Å². The van der Waals surface area contributed by atoms with Gasteiger partial charge >= 0.3 is 0 Å². The van der Waals surface area contributed by atoms with Crippen molar-refractivity contribution in [1.82, 2.24) is 4.57 Å². The Hall–Kier alpha value is -7.94. The Morgan fingerprint density at radius 1 is 0.267 bits per heavy atom. The van der Waals surface area contributed by atoms with Gasteiger partial charge in [-0.15, -0.1) is 0 Å². The van der Waals surface area contributed by atoms with Crippen LogP contribution < -0.4 is 4.90 Å². The summed E-state index contributed by atoms with van der Waals surface area (Å²) in [5.74, 6) is 0. The molecule has 0 bridgehead atoms. The summed E-state index contributed by atoms with van der Waals surface area (Å²) < 4.78 is 2.39. The molecule has 11 aromatic rings. The fraction of sp³-hybridized carbons (Fsp3) is 0. The first-order valence-electron chi connectivity index (χ1n) is 20.6. The summed E-state index contributed by atoms with van der Waals surface area (Å²) in [6, 6.07) is 87.8. The van der Waals surface area contributed by atoms with E-state index in [0.29, 0.717) is 0 Å². The van der Waals surface area contributed by atoms with E-state index in [9.17, 15) is 0 Å². The smallest absolute Gasteiger partial charge is 0.0541 e. The average molecular weight is 765 g/mol. The molecule has 1 heterocycles. The molecule has 2 nitrogen and oxygen atoms in total. The molecule has 11 rings (SSSR count). The maximum atomic E-state index is 2.39. The van der Waals surface area contributed by atoms with Gasteiger partial charge in [-0.25, -0.2) is 0 Å². The standard InChI is InChI=1S/C58H40N2/c1-2-12-41(13-3-1)42-24-26-43(27-25-42)45-32-36-49(37-33-45)59(51-16-11-17-52(40-51)60-57-22-8-6-19-55(57)56-20-7-9-23-58(56)60)50-38-34-46(35-39-50)44-28-30-48(31-29-44)54-21-10-15-47-14-4-5-18-53(47)54/h1-40H. The van der Waals surface area contributed by atoms with Crippen LogP contribution in [0.3, 0.4) is 0 Å². The highest BCUT2D eigenvalue weighted by Gasteiger charge is 2.17. The van der Waals surface area contributed by atoms with E-state index in [0.717, 1.165) is 22.7 Å². The van der Waals surface area contributed by atoms with Gasteiger partial charge in [0, 0.05) is 33.5 Å². The Morgan fingerprint density at radius 3 is 1.25 bits per heavy atom. The van der Waals surface area contributed by atoms with E-state index in [2.05, 4.69) is 252 Å². The van der Waals surface area contributed by atoms with Crippen molar-refractivity contribution < 1.29 is 0 Å². The zero-order chi connectivity index (χ0) is 39.8. The molecule has 0 N–H and O–H groups in total. The van der Waals surface area contributed by atoms with Crippen LogP contribution in [-0.2, 0) is 0 Å². The third-order valence-electron chi connectivity index (χ3n) is 11.8. The molecule has 2 heteroatoms. The largest absolute Gasteiger partial charge is 0.310 e. The van der Waals surface area contributed by atoms with Gasteiger partial charge < -0.3 is 9.47 Å². The molecule has 0 saturated carbocycles. The minimum atomic E-state index is 1.08. The Kier molecular flexibility index (Phi) is 8.87. The molecule has 0 unspecified atom stereocenters. The minimum absolute atomic E-state index is 1.08. The van der Waals surface area contributed by atoms with Crippen molar-refractivity contribution in [2.45, 2.75) is 0 Å². The summed E-state index contributed by atoms with van der Waals surface area (Å²) in [6.07, 6.45) is 0. The number of fused-ring (bicyclic) bond motifs is 4. The molecule has 0 aliphatic heterocycles. The molecular formula is C58H40N2. The number of rotatable bonds is 8. The number of benzene rings is 10. The topological polar surface area (TPSA) is 8.17 Å². The van der Waals surface area contributed by atoms with E-state index in [1.54, 1.807) is 0 Å². The molecular weight excluding hydrogens is 725 g/mol. The first kappa shape index (κ1) is 35.2. The predicted molar refractivity (Wildman–Crippen MR) is 255 cm³/mol. The Morgan fingerprint density at radius 2 is 0.683 bits per heavy atom. The number of nitrogens with zero attached hydrogens (tertiary/aromatic N) is 2. The van der Waals surface area contributed by atoms with Crippen molar-refractivity contribution in [1.29, 1.82) is 0 Å². The summed E-state index contributed by atoms with van der Waals surface area (Å²) in [5, 5.41) is 5.03. The van der Waals surface area contributed by atoms with E-state index >= 15 is 0 Å². The normalized spacial score (nSPS) is 11.3. The molecule has 0 saturated heterocycles. The van der Waals surface area contributed by atoms with Crippen LogP contribution >= 0.6 is 0 Å². The average Bonchev–Trinajstić information content (AvgIpc) is 3.67. The lowest BCUT2D eigenvalue weighted by atomic mass is 9.96. The Balaban J connectivity index is 0.967. The third kappa shape index (κ3) is 6.41. The molecule has 1 aromatic heterocycles. The number of anilines is 3. The zero-order valence-corrected chi connectivity index (χ0v) is 33.0. The van der Waals surface area contributed by atoms with Gasteiger partial charge in [0.2, 0.25) is 0 Å².